The minimum absolute atomic E-state index is 0.347. The highest BCUT2D eigenvalue weighted by molar-refractivity contribution is 8.13. The molecule has 1 aromatic carbocycles. The zero-order valence-electron chi connectivity index (χ0n) is 12.7. The molecule has 0 radical (unpaired) electrons. The molecule has 3 atom stereocenters. The van der Waals surface area contributed by atoms with E-state index in [9.17, 15) is 4.79 Å². The second-order valence-electron chi connectivity index (χ2n) is 7.19. The fraction of sp³-hybridized carbons (Fsp3) is 0.611. The molecule has 0 N–H and O–H groups in total. The van der Waals surface area contributed by atoms with E-state index in [1.54, 1.807) is 0 Å². The van der Waals surface area contributed by atoms with Crippen LogP contribution in [-0.2, 0) is 4.79 Å². The number of rotatable bonds is 3. The zero-order valence-corrected chi connectivity index (χ0v) is 13.5. The molecule has 2 aliphatic rings. The molecule has 1 aromatic rings. The summed E-state index contributed by atoms with van der Waals surface area (Å²) in [7, 11) is 0. The Kier molecular flexibility index (Phi) is 3.70. The molecule has 2 saturated carbocycles. The number of aryl methyl sites for hydroxylation is 1. The quantitative estimate of drug-likeness (QED) is 0.722. The van der Waals surface area contributed by atoms with Crippen molar-refractivity contribution in [2.75, 3.05) is 0 Å². The topological polar surface area (TPSA) is 17.1 Å². The predicted octanol–water partition coefficient (Wildman–Crippen LogP) is 5.08. The summed E-state index contributed by atoms with van der Waals surface area (Å²) in [6.45, 7) is 6.84. The summed E-state index contributed by atoms with van der Waals surface area (Å²) in [5, 5.41) is 0.347. The van der Waals surface area contributed by atoms with Crippen molar-refractivity contribution in [1.29, 1.82) is 0 Å². The molecule has 0 aliphatic heterocycles. The van der Waals surface area contributed by atoms with Gasteiger partial charge in [-0.1, -0.05) is 43.3 Å². The predicted molar refractivity (Wildman–Crippen MR) is 84.8 cm³/mol. The Bertz CT molecular complexity index is 503. The Labute approximate surface area is 126 Å². The lowest BCUT2D eigenvalue weighted by molar-refractivity contribution is -0.113. The number of carbonyl (C=O) groups is 1. The van der Waals surface area contributed by atoms with Gasteiger partial charge in [-0.2, -0.15) is 0 Å². The van der Waals surface area contributed by atoms with Crippen molar-refractivity contribution >= 4 is 16.9 Å². The zero-order chi connectivity index (χ0) is 14.3. The molecular formula is C18H24OS. The van der Waals surface area contributed by atoms with Crippen molar-refractivity contribution < 1.29 is 4.79 Å². The van der Waals surface area contributed by atoms with Crippen LogP contribution in [0, 0.1) is 30.1 Å². The summed E-state index contributed by atoms with van der Waals surface area (Å²) >= 11 is 1.43. The van der Waals surface area contributed by atoms with Crippen LogP contribution in [0.1, 0.15) is 45.1 Å². The maximum absolute atomic E-state index is 12.4. The molecule has 0 heterocycles. The molecule has 0 saturated heterocycles. The second kappa shape index (κ2) is 5.22. The summed E-state index contributed by atoms with van der Waals surface area (Å²) < 4.78 is 0. The summed E-state index contributed by atoms with van der Waals surface area (Å²) in [6, 6.07) is 8.28. The van der Waals surface area contributed by atoms with Gasteiger partial charge < -0.3 is 0 Å². The van der Waals surface area contributed by atoms with Gasteiger partial charge in [0.1, 0.15) is 0 Å². The molecule has 0 spiro atoms. The van der Waals surface area contributed by atoms with Crippen molar-refractivity contribution in [1.82, 2.24) is 0 Å². The van der Waals surface area contributed by atoms with Crippen LogP contribution >= 0.6 is 11.8 Å². The van der Waals surface area contributed by atoms with E-state index in [1.165, 1.54) is 36.6 Å². The SMILES string of the molecule is Cc1ccc(SC(=O)C[C@H]2[C@@H]3CC[C@@H](C3)C2(C)C)cc1. The van der Waals surface area contributed by atoms with Crippen LogP contribution in [0.4, 0.5) is 0 Å². The third kappa shape index (κ3) is 2.55. The van der Waals surface area contributed by atoms with Crippen molar-refractivity contribution in [2.45, 2.75) is 51.3 Å². The Morgan fingerprint density at radius 1 is 1.25 bits per heavy atom. The smallest absolute Gasteiger partial charge is 0.193 e. The highest BCUT2D eigenvalue weighted by atomic mass is 32.2. The number of carbonyl (C=O) groups excluding carboxylic acids is 1. The fourth-order valence-electron chi connectivity index (χ4n) is 4.36. The Hall–Kier alpha value is -0.760. The molecule has 0 unspecified atom stereocenters. The molecule has 0 aromatic heterocycles. The van der Waals surface area contributed by atoms with Gasteiger partial charge >= 0.3 is 0 Å². The first-order valence-corrected chi connectivity index (χ1v) is 8.56. The van der Waals surface area contributed by atoms with Crippen molar-refractivity contribution in [2.24, 2.45) is 23.2 Å². The summed E-state index contributed by atoms with van der Waals surface area (Å²) in [5.74, 6) is 2.26. The monoisotopic (exact) mass is 288 g/mol. The molecule has 3 rings (SSSR count). The van der Waals surface area contributed by atoms with E-state index in [-0.39, 0.29) is 0 Å². The van der Waals surface area contributed by atoms with Crippen molar-refractivity contribution in [3.63, 3.8) is 0 Å². The van der Waals surface area contributed by atoms with Gasteiger partial charge in [0.15, 0.2) is 5.12 Å². The second-order valence-corrected chi connectivity index (χ2v) is 8.32. The van der Waals surface area contributed by atoms with E-state index in [0.717, 1.165) is 23.2 Å². The molecule has 2 heteroatoms. The van der Waals surface area contributed by atoms with Gasteiger partial charge in [-0.3, -0.25) is 4.79 Å². The largest absolute Gasteiger partial charge is 0.287 e. The average Bonchev–Trinajstić information content (AvgIpc) is 2.95. The molecule has 108 valence electrons. The molecular weight excluding hydrogens is 264 g/mol. The lowest BCUT2D eigenvalue weighted by Crippen LogP contribution is -2.31. The molecule has 20 heavy (non-hydrogen) atoms. The normalized spacial score (nSPS) is 30.6. The minimum Gasteiger partial charge on any atom is -0.287 e. The van der Waals surface area contributed by atoms with E-state index in [0.29, 0.717) is 16.4 Å². The number of hydrogen-bond donors (Lipinski definition) is 0. The van der Waals surface area contributed by atoms with E-state index < -0.39 is 0 Å². The van der Waals surface area contributed by atoms with Gasteiger partial charge in [-0.25, -0.2) is 0 Å². The Morgan fingerprint density at radius 2 is 1.95 bits per heavy atom. The molecule has 2 aliphatic carbocycles. The van der Waals surface area contributed by atoms with Crippen LogP contribution in [0.2, 0.25) is 0 Å². The van der Waals surface area contributed by atoms with Gasteiger partial charge in [0.2, 0.25) is 0 Å². The van der Waals surface area contributed by atoms with Crippen molar-refractivity contribution in [3.8, 4) is 0 Å². The first-order chi connectivity index (χ1) is 9.46. The summed E-state index contributed by atoms with van der Waals surface area (Å²) in [6.07, 6.45) is 4.85. The first kappa shape index (κ1) is 14.2. The molecule has 1 nitrogen and oxygen atoms in total. The molecule has 2 bridgehead atoms. The molecule has 2 fully saturated rings. The van der Waals surface area contributed by atoms with Gasteiger partial charge in [-0.15, -0.1) is 0 Å². The Morgan fingerprint density at radius 3 is 2.55 bits per heavy atom. The van der Waals surface area contributed by atoms with Crippen LogP contribution in [0.15, 0.2) is 29.2 Å². The fourth-order valence-corrected chi connectivity index (χ4v) is 5.15. The van der Waals surface area contributed by atoms with Crippen LogP contribution in [0.25, 0.3) is 0 Å². The van der Waals surface area contributed by atoms with E-state index in [2.05, 4.69) is 45.0 Å². The average molecular weight is 288 g/mol. The maximum atomic E-state index is 12.4. The maximum Gasteiger partial charge on any atom is 0.193 e. The third-order valence-electron chi connectivity index (χ3n) is 5.69. The number of hydrogen-bond acceptors (Lipinski definition) is 2. The number of fused-ring (bicyclic) bond motifs is 2. The Balaban J connectivity index is 1.63. The summed E-state index contributed by atoms with van der Waals surface area (Å²) in [5.41, 5.74) is 1.61. The van der Waals surface area contributed by atoms with Crippen molar-refractivity contribution in [3.05, 3.63) is 29.8 Å². The van der Waals surface area contributed by atoms with Gasteiger partial charge in [0.25, 0.3) is 0 Å². The number of thioether (sulfide) groups is 1. The number of benzene rings is 1. The minimum atomic E-state index is 0.347. The van der Waals surface area contributed by atoms with Gasteiger partial charge in [-0.05, 0) is 61.5 Å². The third-order valence-corrected chi connectivity index (χ3v) is 6.59. The lowest BCUT2D eigenvalue weighted by atomic mass is 9.68. The molecule has 0 amide bonds. The summed E-state index contributed by atoms with van der Waals surface area (Å²) in [4.78, 5) is 13.5. The first-order valence-electron chi connectivity index (χ1n) is 7.74. The standard InChI is InChI=1S/C18H24OS/c1-12-4-8-15(9-5-12)20-17(19)11-16-13-6-7-14(10-13)18(16,2)3/h4-5,8-9,13-14,16H,6-7,10-11H2,1-3H3/t13-,14+,16+/m1/s1. The van der Waals surface area contributed by atoms with Crippen LogP contribution < -0.4 is 0 Å². The highest BCUT2D eigenvalue weighted by Crippen LogP contribution is 2.60. The van der Waals surface area contributed by atoms with Gasteiger partial charge in [0.05, 0.1) is 0 Å². The van der Waals surface area contributed by atoms with Crippen LogP contribution in [0.5, 0.6) is 0 Å². The van der Waals surface area contributed by atoms with E-state index in [1.807, 2.05) is 0 Å². The van der Waals surface area contributed by atoms with Crippen LogP contribution in [0.3, 0.4) is 0 Å². The lowest BCUT2D eigenvalue weighted by Gasteiger charge is -2.38. The highest BCUT2D eigenvalue weighted by Gasteiger charge is 2.52. The van der Waals surface area contributed by atoms with Crippen LogP contribution in [-0.4, -0.2) is 5.12 Å². The van der Waals surface area contributed by atoms with E-state index in [4.69, 9.17) is 0 Å². The van der Waals surface area contributed by atoms with E-state index >= 15 is 0 Å². The van der Waals surface area contributed by atoms with Gasteiger partial charge in [0, 0.05) is 11.3 Å².